The second-order valence-electron chi connectivity index (χ2n) is 8.24. The van der Waals surface area contributed by atoms with Crippen LogP contribution in [0, 0.1) is 20.8 Å². The van der Waals surface area contributed by atoms with Crippen molar-refractivity contribution in [2.45, 2.75) is 40.3 Å². The number of nitrogens with zero attached hydrogens (tertiary/aromatic N) is 2. The summed E-state index contributed by atoms with van der Waals surface area (Å²) in [6.07, 6.45) is 0. The summed E-state index contributed by atoms with van der Waals surface area (Å²) < 4.78 is 8.29. The molecule has 5 heteroatoms. The van der Waals surface area contributed by atoms with Crippen molar-refractivity contribution in [1.29, 1.82) is 0 Å². The van der Waals surface area contributed by atoms with Gasteiger partial charge >= 0.3 is 0 Å². The lowest BCUT2D eigenvalue weighted by atomic mass is 10.1. The standard InChI is InChI=1S/C27H29N3O2/c1-18-12-14-22(15-13-18)27(31)28-21(4)26-29-23-10-5-6-11-24(23)30(26)16-17-32-25-19(2)8-7-9-20(25)3/h5-15,21H,16-17H2,1-4H3,(H,28,31). The zero-order valence-corrected chi connectivity index (χ0v) is 19.1. The third-order valence-electron chi connectivity index (χ3n) is 5.70. The number of aryl methyl sites for hydroxylation is 3. The van der Waals surface area contributed by atoms with Crippen molar-refractivity contribution >= 4 is 16.9 Å². The molecule has 4 aromatic rings. The number of hydrogen-bond acceptors (Lipinski definition) is 3. The van der Waals surface area contributed by atoms with Crippen LogP contribution in [-0.4, -0.2) is 22.1 Å². The molecule has 0 aliphatic rings. The molecule has 0 bridgehead atoms. The van der Waals surface area contributed by atoms with Gasteiger partial charge in [-0.2, -0.15) is 0 Å². The zero-order chi connectivity index (χ0) is 22.7. The maximum atomic E-state index is 12.8. The first kappa shape index (κ1) is 21.6. The van der Waals surface area contributed by atoms with Crippen molar-refractivity contribution < 1.29 is 9.53 Å². The lowest BCUT2D eigenvalue weighted by Gasteiger charge is -2.18. The Morgan fingerprint density at radius 2 is 1.66 bits per heavy atom. The van der Waals surface area contributed by atoms with Gasteiger partial charge < -0.3 is 14.6 Å². The highest BCUT2D eigenvalue weighted by atomic mass is 16.5. The lowest BCUT2D eigenvalue weighted by molar-refractivity contribution is 0.0937. The van der Waals surface area contributed by atoms with Gasteiger partial charge in [0.05, 0.1) is 23.6 Å². The van der Waals surface area contributed by atoms with E-state index in [1.165, 1.54) is 0 Å². The van der Waals surface area contributed by atoms with Crippen molar-refractivity contribution in [3.63, 3.8) is 0 Å². The Labute approximate surface area is 189 Å². The smallest absolute Gasteiger partial charge is 0.251 e. The highest BCUT2D eigenvalue weighted by Gasteiger charge is 2.19. The fourth-order valence-corrected chi connectivity index (χ4v) is 3.97. The normalized spacial score (nSPS) is 12.0. The van der Waals surface area contributed by atoms with Gasteiger partial charge in [-0.15, -0.1) is 0 Å². The molecule has 0 aliphatic carbocycles. The topological polar surface area (TPSA) is 56.2 Å². The number of imidazole rings is 1. The lowest BCUT2D eigenvalue weighted by Crippen LogP contribution is -2.29. The van der Waals surface area contributed by atoms with Crippen molar-refractivity contribution in [1.82, 2.24) is 14.9 Å². The van der Waals surface area contributed by atoms with Crippen LogP contribution < -0.4 is 10.1 Å². The molecule has 1 atom stereocenters. The summed E-state index contributed by atoms with van der Waals surface area (Å²) in [5.41, 5.74) is 5.96. The van der Waals surface area contributed by atoms with Gasteiger partial charge in [-0.3, -0.25) is 4.79 Å². The van der Waals surface area contributed by atoms with E-state index in [1.54, 1.807) is 0 Å². The average Bonchev–Trinajstić information content (AvgIpc) is 3.15. The van der Waals surface area contributed by atoms with E-state index in [0.717, 1.165) is 39.3 Å². The summed E-state index contributed by atoms with van der Waals surface area (Å²) in [5.74, 6) is 1.64. The molecule has 3 aromatic carbocycles. The molecule has 164 valence electrons. The van der Waals surface area contributed by atoms with Gasteiger partial charge in [0.2, 0.25) is 0 Å². The first-order chi connectivity index (χ1) is 15.4. The first-order valence-corrected chi connectivity index (χ1v) is 11.0. The molecule has 32 heavy (non-hydrogen) atoms. The van der Waals surface area contributed by atoms with Crippen LogP contribution >= 0.6 is 0 Å². The molecule has 1 heterocycles. The van der Waals surface area contributed by atoms with Crippen LogP contribution in [0.3, 0.4) is 0 Å². The monoisotopic (exact) mass is 427 g/mol. The molecular formula is C27H29N3O2. The van der Waals surface area contributed by atoms with Crippen LogP contribution in [0.25, 0.3) is 11.0 Å². The number of hydrogen-bond donors (Lipinski definition) is 1. The zero-order valence-electron chi connectivity index (χ0n) is 19.1. The van der Waals surface area contributed by atoms with Crippen molar-refractivity contribution in [2.75, 3.05) is 6.61 Å². The van der Waals surface area contributed by atoms with Gasteiger partial charge in [-0.1, -0.05) is 48.0 Å². The average molecular weight is 428 g/mol. The largest absolute Gasteiger partial charge is 0.491 e. The van der Waals surface area contributed by atoms with E-state index < -0.39 is 0 Å². The minimum atomic E-state index is -0.253. The Balaban J connectivity index is 1.55. The number of aromatic nitrogens is 2. The van der Waals surface area contributed by atoms with Crippen LogP contribution in [0.5, 0.6) is 5.75 Å². The molecule has 1 N–H and O–H groups in total. The fourth-order valence-electron chi connectivity index (χ4n) is 3.97. The number of ether oxygens (including phenoxy) is 1. The molecule has 1 amide bonds. The molecule has 4 rings (SSSR count). The van der Waals surface area contributed by atoms with Gasteiger partial charge in [-0.25, -0.2) is 4.98 Å². The minimum Gasteiger partial charge on any atom is -0.491 e. The summed E-state index contributed by atoms with van der Waals surface area (Å²) in [7, 11) is 0. The van der Waals surface area contributed by atoms with Crippen molar-refractivity contribution in [2.24, 2.45) is 0 Å². The minimum absolute atomic E-state index is 0.108. The Morgan fingerprint density at radius 1 is 0.969 bits per heavy atom. The predicted molar refractivity (Wildman–Crippen MR) is 128 cm³/mol. The Hall–Kier alpha value is -3.60. The van der Waals surface area contributed by atoms with Crippen LogP contribution in [0.1, 0.15) is 45.8 Å². The van der Waals surface area contributed by atoms with E-state index in [0.29, 0.717) is 18.7 Å². The molecule has 0 aliphatic heterocycles. The molecule has 0 saturated carbocycles. The highest BCUT2D eigenvalue weighted by Crippen LogP contribution is 2.24. The summed E-state index contributed by atoms with van der Waals surface area (Å²) in [6.45, 7) is 9.24. The van der Waals surface area contributed by atoms with E-state index in [4.69, 9.17) is 9.72 Å². The van der Waals surface area contributed by atoms with E-state index >= 15 is 0 Å². The molecular weight excluding hydrogens is 398 g/mol. The summed E-state index contributed by atoms with van der Waals surface area (Å²) in [4.78, 5) is 17.6. The first-order valence-electron chi connectivity index (χ1n) is 11.0. The molecule has 5 nitrogen and oxygen atoms in total. The van der Waals surface area contributed by atoms with Gasteiger partial charge in [0, 0.05) is 5.56 Å². The molecule has 1 aromatic heterocycles. The summed E-state index contributed by atoms with van der Waals surface area (Å²) >= 11 is 0. The summed E-state index contributed by atoms with van der Waals surface area (Å²) in [5, 5.41) is 3.10. The molecule has 0 spiro atoms. The summed E-state index contributed by atoms with van der Waals surface area (Å²) in [6, 6.07) is 21.5. The molecule has 0 fully saturated rings. The van der Waals surface area contributed by atoms with Crippen molar-refractivity contribution in [3.8, 4) is 5.75 Å². The van der Waals surface area contributed by atoms with E-state index in [1.807, 2.05) is 62.4 Å². The number of carbonyl (C=O) groups excluding carboxylic acids is 1. The Bertz CT molecular complexity index is 1220. The number of fused-ring (bicyclic) bond motifs is 1. The highest BCUT2D eigenvalue weighted by molar-refractivity contribution is 5.94. The molecule has 0 radical (unpaired) electrons. The SMILES string of the molecule is Cc1ccc(C(=O)NC(C)c2nc3ccccc3n2CCOc2c(C)cccc2C)cc1. The number of carbonyl (C=O) groups is 1. The number of para-hydroxylation sites is 3. The Morgan fingerprint density at radius 3 is 2.38 bits per heavy atom. The van der Waals surface area contributed by atoms with Crippen molar-refractivity contribution in [3.05, 3.63) is 94.8 Å². The maximum absolute atomic E-state index is 12.8. The van der Waals surface area contributed by atoms with E-state index in [9.17, 15) is 4.79 Å². The third-order valence-corrected chi connectivity index (χ3v) is 5.70. The number of nitrogens with one attached hydrogen (secondary N) is 1. The van der Waals surface area contributed by atoms with Crippen LogP contribution in [0.15, 0.2) is 66.7 Å². The maximum Gasteiger partial charge on any atom is 0.251 e. The second kappa shape index (κ2) is 9.27. The van der Waals surface area contributed by atoms with Gasteiger partial charge in [0.1, 0.15) is 18.2 Å². The second-order valence-corrected chi connectivity index (χ2v) is 8.24. The Kier molecular flexibility index (Phi) is 6.26. The van der Waals surface area contributed by atoms with E-state index in [-0.39, 0.29) is 11.9 Å². The van der Waals surface area contributed by atoms with Gasteiger partial charge in [0.15, 0.2) is 0 Å². The van der Waals surface area contributed by atoms with Gasteiger partial charge in [0.25, 0.3) is 5.91 Å². The third kappa shape index (κ3) is 4.52. The van der Waals surface area contributed by atoms with Gasteiger partial charge in [-0.05, 0) is 63.1 Å². The number of rotatable bonds is 7. The van der Waals surface area contributed by atoms with Crippen LogP contribution in [0.4, 0.5) is 0 Å². The quantitative estimate of drug-likeness (QED) is 0.422. The van der Waals surface area contributed by atoms with E-state index in [2.05, 4.69) is 41.9 Å². The molecule has 1 unspecified atom stereocenters. The predicted octanol–water partition coefficient (Wildman–Crippen LogP) is 5.53. The fraction of sp³-hybridized carbons (Fsp3) is 0.259. The number of benzene rings is 3. The van der Waals surface area contributed by atoms with Crippen LogP contribution in [-0.2, 0) is 6.54 Å². The molecule has 0 saturated heterocycles. The van der Waals surface area contributed by atoms with Crippen LogP contribution in [0.2, 0.25) is 0 Å². The number of amides is 1.